The van der Waals surface area contributed by atoms with E-state index in [9.17, 15) is 0 Å². The summed E-state index contributed by atoms with van der Waals surface area (Å²) in [5, 5.41) is 0. The van der Waals surface area contributed by atoms with E-state index in [1.54, 1.807) is 6.33 Å². The van der Waals surface area contributed by atoms with Crippen molar-refractivity contribution in [2.24, 2.45) is 5.92 Å². The second-order valence-electron chi connectivity index (χ2n) is 6.27. The molecule has 1 aromatic heterocycles. The molecular formula is C14H23N3. The van der Waals surface area contributed by atoms with Crippen molar-refractivity contribution in [1.82, 2.24) is 14.9 Å². The van der Waals surface area contributed by atoms with E-state index < -0.39 is 0 Å². The number of aromatic nitrogens is 2. The molecule has 0 saturated carbocycles. The summed E-state index contributed by atoms with van der Waals surface area (Å²) in [4.78, 5) is 11.2. The van der Waals surface area contributed by atoms with Gasteiger partial charge in [-0.3, -0.25) is 0 Å². The van der Waals surface area contributed by atoms with Crippen LogP contribution in [-0.4, -0.2) is 35.0 Å². The Labute approximate surface area is 104 Å². The highest BCUT2D eigenvalue weighted by atomic mass is 15.1. The first-order valence-corrected chi connectivity index (χ1v) is 6.45. The van der Waals surface area contributed by atoms with E-state index >= 15 is 0 Å². The number of hydrogen-bond acceptors (Lipinski definition) is 3. The number of nitrogens with zero attached hydrogens (tertiary/aromatic N) is 3. The molecule has 1 aliphatic heterocycles. The van der Waals surface area contributed by atoms with Gasteiger partial charge < -0.3 is 4.90 Å². The quantitative estimate of drug-likeness (QED) is 0.784. The molecule has 3 heteroatoms. The molecule has 0 N–H and O–H groups in total. The molecule has 0 aliphatic carbocycles. The zero-order valence-electron chi connectivity index (χ0n) is 11.4. The van der Waals surface area contributed by atoms with Gasteiger partial charge in [-0.15, -0.1) is 0 Å². The molecule has 1 aromatic rings. The van der Waals surface area contributed by atoms with Crippen LogP contribution in [0, 0.1) is 5.92 Å². The molecular weight excluding hydrogens is 210 g/mol. The van der Waals surface area contributed by atoms with Crippen LogP contribution in [0.5, 0.6) is 0 Å². The fourth-order valence-corrected chi connectivity index (χ4v) is 2.41. The normalized spacial score (nSPS) is 22.0. The summed E-state index contributed by atoms with van der Waals surface area (Å²) in [6, 6.07) is 2.18. The molecule has 0 bridgehead atoms. The first-order valence-electron chi connectivity index (χ1n) is 6.45. The second kappa shape index (κ2) is 4.73. The van der Waals surface area contributed by atoms with Crippen molar-refractivity contribution in [3.05, 3.63) is 23.8 Å². The maximum atomic E-state index is 4.41. The van der Waals surface area contributed by atoms with Crippen LogP contribution in [0.15, 0.2) is 12.4 Å². The molecule has 0 spiro atoms. The largest absolute Gasteiger partial charge is 0.306 e. The van der Waals surface area contributed by atoms with Gasteiger partial charge in [-0.2, -0.15) is 0 Å². The Kier molecular flexibility index (Phi) is 3.48. The van der Waals surface area contributed by atoms with Crippen molar-refractivity contribution in [1.29, 1.82) is 0 Å². The van der Waals surface area contributed by atoms with Crippen LogP contribution in [-0.2, 0) is 11.8 Å². The van der Waals surface area contributed by atoms with E-state index in [0.717, 1.165) is 18.0 Å². The molecule has 1 unspecified atom stereocenters. The van der Waals surface area contributed by atoms with E-state index in [2.05, 4.69) is 48.8 Å². The molecule has 2 rings (SSSR count). The van der Waals surface area contributed by atoms with Gasteiger partial charge in [0, 0.05) is 23.3 Å². The molecule has 1 saturated heterocycles. The Balaban J connectivity index is 2.06. The minimum absolute atomic E-state index is 0.115. The number of likely N-dealkylation sites (tertiary alicyclic amines) is 1. The van der Waals surface area contributed by atoms with Crippen LogP contribution < -0.4 is 0 Å². The molecule has 1 atom stereocenters. The third-order valence-corrected chi connectivity index (χ3v) is 3.48. The topological polar surface area (TPSA) is 29.0 Å². The van der Waals surface area contributed by atoms with Crippen LogP contribution in [0.2, 0.25) is 0 Å². The van der Waals surface area contributed by atoms with E-state index in [1.165, 1.54) is 25.2 Å². The predicted molar refractivity (Wildman–Crippen MR) is 70.0 cm³/mol. The highest BCUT2D eigenvalue weighted by molar-refractivity contribution is 5.16. The number of rotatable bonds is 2. The molecule has 17 heavy (non-hydrogen) atoms. The Hall–Kier alpha value is -0.960. The Morgan fingerprint density at radius 3 is 2.71 bits per heavy atom. The van der Waals surface area contributed by atoms with Crippen LogP contribution >= 0.6 is 0 Å². The summed E-state index contributed by atoms with van der Waals surface area (Å²) in [7, 11) is 2.20. The summed E-state index contributed by atoms with van der Waals surface area (Å²) in [5.74, 6) is 0.766. The highest BCUT2D eigenvalue weighted by Gasteiger charge is 2.21. The lowest BCUT2D eigenvalue weighted by Crippen LogP contribution is -2.17. The summed E-state index contributed by atoms with van der Waals surface area (Å²) in [5.41, 5.74) is 2.46. The Morgan fingerprint density at radius 1 is 1.35 bits per heavy atom. The predicted octanol–water partition coefficient (Wildman–Crippen LogP) is 2.27. The van der Waals surface area contributed by atoms with Crippen LogP contribution in [0.4, 0.5) is 0 Å². The van der Waals surface area contributed by atoms with E-state index in [-0.39, 0.29) is 5.41 Å². The smallest absolute Gasteiger partial charge is 0.115 e. The van der Waals surface area contributed by atoms with Crippen LogP contribution in [0.1, 0.15) is 38.6 Å². The first kappa shape index (κ1) is 12.5. The van der Waals surface area contributed by atoms with Gasteiger partial charge in [0.1, 0.15) is 6.33 Å². The summed E-state index contributed by atoms with van der Waals surface area (Å²) >= 11 is 0. The highest BCUT2D eigenvalue weighted by Crippen LogP contribution is 2.22. The summed E-state index contributed by atoms with van der Waals surface area (Å²) in [6.45, 7) is 9.02. The van der Waals surface area contributed by atoms with Gasteiger partial charge in [-0.05, 0) is 38.4 Å². The molecule has 3 nitrogen and oxygen atoms in total. The van der Waals surface area contributed by atoms with Crippen molar-refractivity contribution in [2.75, 3.05) is 20.1 Å². The first-order chi connectivity index (χ1) is 7.95. The Morgan fingerprint density at radius 2 is 2.12 bits per heavy atom. The van der Waals surface area contributed by atoms with Gasteiger partial charge in [-0.25, -0.2) is 9.97 Å². The maximum absolute atomic E-state index is 4.41. The monoisotopic (exact) mass is 233 g/mol. The summed E-state index contributed by atoms with van der Waals surface area (Å²) < 4.78 is 0. The average Bonchev–Trinajstić information content (AvgIpc) is 2.63. The van der Waals surface area contributed by atoms with Gasteiger partial charge in [0.2, 0.25) is 0 Å². The fraction of sp³-hybridized carbons (Fsp3) is 0.714. The lowest BCUT2D eigenvalue weighted by atomic mass is 9.90. The third-order valence-electron chi connectivity index (χ3n) is 3.48. The zero-order valence-corrected chi connectivity index (χ0v) is 11.4. The molecule has 2 heterocycles. The number of hydrogen-bond donors (Lipinski definition) is 0. The lowest BCUT2D eigenvalue weighted by molar-refractivity contribution is 0.393. The average molecular weight is 233 g/mol. The second-order valence-corrected chi connectivity index (χ2v) is 6.27. The van der Waals surface area contributed by atoms with Crippen molar-refractivity contribution in [2.45, 2.75) is 39.0 Å². The molecule has 0 amide bonds. The molecule has 0 aromatic carbocycles. The van der Waals surface area contributed by atoms with Gasteiger partial charge >= 0.3 is 0 Å². The zero-order chi connectivity index (χ0) is 12.5. The van der Waals surface area contributed by atoms with Gasteiger partial charge in [0.15, 0.2) is 0 Å². The van der Waals surface area contributed by atoms with Crippen molar-refractivity contribution in [3.8, 4) is 0 Å². The molecule has 94 valence electrons. The van der Waals surface area contributed by atoms with Crippen molar-refractivity contribution >= 4 is 0 Å². The maximum Gasteiger partial charge on any atom is 0.115 e. The molecule has 1 fully saturated rings. The van der Waals surface area contributed by atoms with E-state index in [0.29, 0.717) is 0 Å². The SMILES string of the molecule is CN1CCC(Cc2cc(C(C)(C)C)ncn2)C1. The third kappa shape index (κ3) is 3.25. The van der Waals surface area contributed by atoms with E-state index in [4.69, 9.17) is 0 Å². The minimum atomic E-state index is 0.115. The van der Waals surface area contributed by atoms with Gasteiger partial charge in [0.25, 0.3) is 0 Å². The summed E-state index contributed by atoms with van der Waals surface area (Å²) in [6.07, 6.45) is 4.11. The fourth-order valence-electron chi connectivity index (χ4n) is 2.41. The Bertz CT molecular complexity index is 381. The van der Waals surface area contributed by atoms with Crippen molar-refractivity contribution < 1.29 is 0 Å². The minimum Gasteiger partial charge on any atom is -0.306 e. The van der Waals surface area contributed by atoms with Gasteiger partial charge in [-0.1, -0.05) is 20.8 Å². The van der Waals surface area contributed by atoms with Crippen LogP contribution in [0.25, 0.3) is 0 Å². The van der Waals surface area contributed by atoms with Crippen molar-refractivity contribution in [3.63, 3.8) is 0 Å². The lowest BCUT2D eigenvalue weighted by Gasteiger charge is -2.18. The van der Waals surface area contributed by atoms with Crippen LogP contribution in [0.3, 0.4) is 0 Å². The molecule has 0 radical (unpaired) electrons. The standard InChI is InChI=1S/C14H23N3/c1-14(2,3)13-8-12(15-10-16-13)7-11-5-6-17(4)9-11/h8,10-11H,5-7,9H2,1-4H3. The molecule has 1 aliphatic rings. The van der Waals surface area contributed by atoms with Gasteiger partial charge in [0.05, 0.1) is 0 Å². The van der Waals surface area contributed by atoms with E-state index in [1.807, 2.05) is 0 Å².